The number of hydrogen-bond acceptors (Lipinski definition) is 4. The van der Waals surface area contributed by atoms with Gasteiger partial charge in [0.2, 0.25) is 0 Å². The van der Waals surface area contributed by atoms with E-state index in [-0.39, 0.29) is 0 Å². The normalized spacial score (nSPS) is 14.6. The number of hydrogen-bond donors (Lipinski definition) is 0. The van der Waals surface area contributed by atoms with Crippen molar-refractivity contribution >= 4 is 17.8 Å². The summed E-state index contributed by atoms with van der Waals surface area (Å²) < 4.78 is 5.33. The first-order valence-electron chi connectivity index (χ1n) is 8.18. The van der Waals surface area contributed by atoms with Crippen LogP contribution in [0.2, 0.25) is 0 Å². The SMILES string of the molecule is CC(C)c1ccc(OC(=O)[C@H](C)N2C(=O)c3ccccc3C2=O)cc1. The van der Waals surface area contributed by atoms with Crippen LogP contribution in [0.15, 0.2) is 48.5 Å². The van der Waals surface area contributed by atoms with Crippen LogP contribution in [-0.4, -0.2) is 28.7 Å². The first-order valence-corrected chi connectivity index (χ1v) is 8.18. The van der Waals surface area contributed by atoms with Gasteiger partial charge in [0, 0.05) is 0 Å². The van der Waals surface area contributed by atoms with Crippen molar-refractivity contribution in [3.63, 3.8) is 0 Å². The van der Waals surface area contributed by atoms with Gasteiger partial charge in [-0.25, -0.2) is 4.79 Å². The molecule has 2 aromatic rings. The lowest BCUT2D eigenvalue weighted by atomic mass is 10.0. The first kappa shape index (κ1) is 16.9. The van der Waals surface area contributed by atoms with Crippen molar-refractivity contribution in [2.45, 2.75) is 32.7 Å². The molecule has 0 N–H and O–H groups in total. The van der Waals surface area contributed by atoms with Gasteiger partial charge >= 0.3 is 5.97 Å². The van der Waals surface area contributed by atoms with Crippen LogP contribution in [0.3, 0.4) is 0 Å². The average Bonchev–Trinajstić information content (AvgIpc) is 2.86. The Morgan fingerprint density at radius 2 is 1.40 bits per heavy atom. The molecule has 0 aliphatic carbocycles. The highest BCUT2D eigenvalue weighted by Crippen LogP contribution is 2.25. The van der Waals surface area contributed by atoms with Crippen molar-refractivity contribution in [2.75, 3.05) is 0 Å². The molecule has 1 aliphatic rings. The van der Waals surface area contributed by atoms with E-state index in [4.69, 9.17) is 4.74 Å². The van der Waals surface area contributed by atoms with E-state index in [0.29, 0.717) is 22.8 Å². The molecule has 0 saturated carbocycles. The predicted molar refractivity (Wildman–Crippen MR) is 92.6 cm³/mol. The highest BCUT2D eigenvalue weighted by molar-refractivity contribution is 6.22. The molecule has 128 valence electrons. The molecule has 0 aromatic heterocycles. The van der Waals surface area contributed by atoms with Crippen LogP contribution in [-0.2, 0) is 4.79 Å². The third kappa shape index (κ3) is 3.05. The van der Waals surface area contributed by atoms with E-state index >= 15 is 0 Å². The van der Waals surface area contributed by atoms with Crippen LogP contribution in [0.25, 0.3) is 0 Å². The molecule has 5 nitrogen and oxygen atoms in total. The fraction of sp³-hybridized carbons (Fsp3) is 0.250. The Hall–Kier alpha value is -2.95. The van der Waals surface area contributed by atoms with Crippen LogP contribution in [0.1, 0.15) is 53.0 Å². The molecule has 0 fully saturated rings. The second-order valence-corrected chi connectivity index (χ2v) is 6.35. The maximum Gasteiger partial charge on any atom is 0.334 e. The Bertz CT molecular complexity index is 804. The molecular formula is C20H19NO4. The summed E-state index contributed by atoms with van der Waals surface area (Å²) in [5.74, 6) is -0.827. The van der Waals surface area contributed by atoms with Crippen LogP contribution in [0.5, 0.6) is 5.75 Å². The summed E-state index contributed by atoms with van der Waals surface area (Å²) in [6.45, 7) is 5.64. The smallest absolute Gasteiger partial charge is 0.334 e. The molecule has 2 aromatic carbocycles. The number of amides is 2. The molecule has 1 aliphatic heterocycles. The van der Waals surface area contributed by atoms with Crippen molar-refractivity contribution < 1.29 is 19.1 Å². The van der Waals surface area contributed by atoms with Gasteiger partial charge in [-0.3, -0.25) is 14.5 Å². The van der Waals surface area contributed by atoms with Crippen molar-refractivity contribution in [1.29, 1.82) is 0 Å². The van der Waals surface area contributed by atoms with Crippen LogP contribution in [0.4, 0.5) is 0 Å². The van der Waals surface area contributed by atoms with Gasteiger partial charge < -0.3 is 4.74 Å². The summed E-state index contributed by atoms with van der Waals surface area (Å²) in [4.78, 5) is 38.2. The van der Waals surface area contributed by atoms with E-state index in [1.165, 1.54) is 6.92 Å². The fourth-order valence-corrected chi connectivity index (χ4v) is 2.79. The molecule has 5 heteroatoms. The second kappa shape index (κ2) is 6.51. The van der Waals surface area contributed by atoms with Gasteiger partial charge in [0.15, 0.2) is 0 Å². The Labute approximate surface area is 146 Å². The first-order chi connectivity index (χ1) is 11.9. The van der Waals surface area contributed by atoms with Crippen LogP contribution >= 0.6 is 0 Å². The molecule has 3 rings (SSSR count). The van der Waals surface area contributed by atoms with Gasteiger partial charge in [-0.2, -0.15) is 0 Å². The van der Waals surface area contributed by atoms with Crippen molar-refractivity contribution in [2.24, 2.45) is 0 Å². The maximum atomic E-state index is 12.4. The Balaban J connectivity index is 1.75. The van der Waals surface area contributed by atoms with E-state index in [0.717, 1.165) is 10.5 Å². The van der Waals surface area contributed by atoms with E-state index < -0.39 is 23.8 Å². The van der Waals surface area contributed by atoms with Crippen LogP contribution in [0, 0.1) is 0 Å². The molecule has 0 bridgehead atoms. The minimum Gasteiger partial charge on any atom is -0.425 e. The number of esters is 1. The summed E-state index contributed by atoms with van der Waals surface area (Å²) in [7, 11) is 0. The zero-order valence-electron chi connectivity index (χ0n) is 14.4. The third-order valence-electron chi connectivity index (χ3n) is 4.32. The monoisotopic (exact) mass is 337 g/mol. The number of imide groups is 1. The lowest BCUT2D eigenvalue weighted by molar-refractivity contribution is -0.138. The number of ether oxygens (including phenoxy) is 1. The minimum absolute atomic E-state index is 0.313. The highest BCUT2D eigenvalue weighted by Gasteiger charge is 2.41. The minimum atomic E-state index is -1.00. The van der Waals surface area contributed by atoms with Crippen molar-refractivity contribution in [3.05, 3.63) is 65.2 Å². The number of carbonyl (C=O) groups excluding carboxylic acids is 3. The quantitative estimate of drug-likeness (QED) is 0.487. The van der Waals surface area contributed by atoms with E-state index in [9.17, 15) is 14.4 Å². The predicted octanol–water partition coefficient (Wildman–Crippen LogP) is 3.40. The highest BCUT2D eigenvalue weighted by atomic mass is 16.5. The Morgan fingerprint density at radius 3 is 1.88 bits per heavy atom. The lowest BCUT2D eigenvalue weighted by Gasteiger charge is -2.20. The van der Waals surface area contributed by atoms with Crippen LogP contribution < -0.4 is 4.74 Å². The molecule has 2 amide bonds. The van der Waals surface area contributed by atoms with Gasteiger partial charge in [0.05, 0.1) is 11.1 Å². The van der Waals surface area contributed by atoms with Gasteiger partial charge in [-0.15, -0.1) is 0 Å². The molecule has 0 radical (unpaired) electrons. The number of fused-ring (bicyclic) bond motifs is 1. The number of rotatable bonds is 4. The van der Waals surface area contributed by atoms with Crippen molar-refractivity contribution in [1.82, 2.24) is 4.90 Å². The summed E-state index contributed by atoms with van der Waals surface area (Å²) >= 11 is 0. The zero-order valence-corrected chi connectivity index (χ0v) is 14.4. The van der Waals surface area contributed by atoms with Gasteiger partial charge in [0.1, 0.15) is 11.8 Å². The van der Waals surface area contributed by atoms with Crippen molar-refractivity contribution in [3.8, 4) is 5.75 Å². The molecule has 1 heterocycles. The molecule has 0 unspecified atom stereocenters. The molecular weight excluding hydrogens is 318 g/mol. The largest absolute Gasteiger partial charge is 0.425 e. The Morgan fingerprint density at radius 1 is 0.880 bits per heavy atom. The summed E-state index contributed by atoms with van der Waals surface area (Å²) in [6, 6.07) is 12.7. The Kier molecular flexibility index (Phi) is 4.40. The van der Waals surface area contributed by atoms with E-state index in [1.807, 2.05) is 12.1 Å². The number of carbonyl (C=O) groups is 3. The average molecular weight is 337 g/mol. The van der Waals surface area contributed by atoms with E-state index in [1.54, 1.807) is 36.4 Å². The molecule has 1 atom stereocenters. The van der Waals surface area contributed by atoms with Gasteiger partial charge in [-0.1, -0.05) is 38.1 Å². The topological polar surface area (TPSA) is 63.7 Å². The van der Waals surface area contributed by atoms with Gasteiger partial charge in [0.25, 0.3) is 11.8 Å². The number of benzene rings is 2. The second-order valence-electron chi connectivity index (χ2n) is 6.35. The summed E-state index contributed by atoms with van der Waals surface area (Å²) in [6.07, 6.45) is 0. The standard InChI is InChI=1S/C20H19NO4/c1-12(2)14-8-10-15(11-9-14)25-20(24)13(3)21-18(22)16-6-4-5-7-17(16)19(21)23/h4-13H,1-3H3/t13-/m0/s1. The van der Waals surface area contributed by atoms with E-state index in [2.05, 4.69) is 13.8 Å². The zero-order chi connectivity index (χ0) is 18.1. The lowest BCUT2D eigenvalue weighted by Crippen LogP contribution is -2.44. The third-order valence-corrected chi connectivity index (χ3v) is 4.32. The fourth-order valence-electron chi connectivity index (χ4n) is 2.79. The maximum absolute atomic E-state index is 12.4. The number of nitrogens with zero attached hydrogens (tertiary/aromatic N) is 1. The molecule has 0 spiro atoms. The van der Waals surface area contributed by atoms with Gasteiger partial charge in [-0.05, 0) is 42.7 Å². The summed E-state index contributed by atoms with van der Waals surface area (Å²) in [5, 5.41) is 0. The molecule has 25 heavy (non-hydrogen) atoms. The summed E-state index contributed by atoms with van der Waals surface area (Å²) in [5.41, 5.74) is 1.76. The molecule has 0 saturated heterocycles.